The minimum Gasteiger partial charge on any atom is -0.491 e. The van der Waals surface area contributed by atoms with Gasteiger partial charge in [-0.2, -0.15) is 0 Å². The van der Waals surface area contributed by atoms with Gasteiger partial charge in [0, 0.05) is 12.1 Å². The summed E-state index contributed by atoms with van der Waals surface area (Å²) in [7, 11) is 0. The number of pyridine rings is 1. The number of hydrogen-bond acceptors (Lipinski definition) is 5. The van der Waals surface area contributed by atoms with Crippen LogP contribution in [0, 0.1) is 6.92 Å². The van der Waals surface area contributed by atoms with E-state index in [9.17, 15) is 5.11 Å². The van der Waals surface area contributed by atoms with Crippen LogP contribution in [0.2, 0.25) is 0 Å². The lowest BCUT2D eigenvalue weighted by Gasteiger charge is -2.15. The van der Waals surface area contributed by atoms with Crippen molar-refractivity contribution >= 4 is 11.0 Å². The maximum atomic E-state index is 9.78. The molecule has 0 radical (unpaired) electrons. The van der Waals surface area contributed by atoms with E-state index in [1.807, 2.05) is 25.1 Å². The second-order valence-corrected chi connectivity index (χ2v) is 6.84. The number of aromatic amines is 1. The number of rotatable bonds is 6. The van der Waals surface area contributed by atoms with Crippen molar-refractivity contribution in [2.45, 2.75) is 26.4 Å². The van der Waals surface area contributed by atoms with Gasteiger partial charge in [0.1, 0.15) is 18.1 Å². The number of H-pyrrole nitrogens is 1. The van der Waals surface area contributed by atoms with Gasteiger partial charge in [0.25, 0.3) is 0 Å². The normalized spacial score (nSPS) is 15.0. The molecule has 0 unspecified atom stereocenters. The molecule has 2 aromatic heterocycles. The number of aromatic nitrogens is 3. The highest BCUT2D eigenvalue weighted by atomic mass is 16.5. The number of benzene rings is 1. The van der Waals surface area contributed by atoms with Crippen molar-refractivity contribution in [2.24, 2.45) is 0 Å². The van der Waals surface area contributed by atoms with Crippen molar-refractivity contribution in [2.75, 3.05) is 26.2 Å². The van der Waals surface area contributed by atoms with E-state index >= 15 is 0 Å². The Balaban J connectivity index is 1.52. The van der Waals surface area contributed by atoms with Gasteiger partial charge in [0.2, 0.25) is 0 Å². The minimum absolute atomic E-state index is 0.109. The molecular weight excluding hydrogens is 328 g/mol. The second kappa shape index (κ2) is 7.43. The fourth-order valence-electron chi connectivity index (χ4n) is 3.44. The molecule has 0 saturated carbocycles. The van der Waals surface area contributed by atoms with Gasteiger partial charge in [-0.15, -0.1) is 0 Å². The predicted molar refractivity (Wildman–Crippen MR) is 101 cm³/mol. The van der Waals surface area contributed by atoms with Crippen molar-refractivity contribution in [1.29, 1.82) is 0 Å². The highest BCUT2D eigenvalue weighted by Crippen LogP contribution is 2.25. The van der Waals surface area contributed by atoms with Crippen LogP contribution in [0.5, 0.6) is 5.75 Å². The van der Waals surface area contributed by atoms with E-state index in [-0.39, 0.29) is 6.61 Å². The molecule has 1 aromatic carbocycles. The molecule has 6 nitrogen and oxygen atoms in total. The van der Waals surface area contributed by atoms with Gasteiger partial charge in [0.15, 0.2) is 5.82 Å². The molecule has 0 bridgehead atoms. The zero-order valence-corrected chi connectivity index (χ0v) is 15.0. The number of aliphatic hydroxyl groups is 1. The Morgan fingerprint density at radius 3 is 2.88 bits per heavy atom. The number of fused-ring (bicyclic) bond motifs is 1. The Morgan fingerprint density at radius 2 is 2.08 bits per heavy atom. The van der Waals surface area contributed by atoms with Gasteiger partial charge < -0.3 is 14.8 Å². The average molecular weight is 352 g/mol. The van der Waals surface area contributed by atoms with Crippen LogP contribution in [0.4, 0.5) is 0 Å². The van der Waals surface area contributed by atoms with Crippen molar-refractivity contribution in [3.63, 3.8) is 0 Å². The van der Waals surface area contributed by atoms with E-state index in [2.05, 4.69) is 25.9 Å². The summed E-state index contributed by atoms with van der Waals surface area (Å²) in [5.74, 6) is 1.35. The molecular formula is C20H24N4O2. The Labute approximate surface area is 152 Å². The first-order valence-corrected chi connectivity index (χ1v) is 9.14. The molecule has 4 rings (SSSR count). The Hall–Kier alpha value is -2.44. The van der Waals surface area contributed by atoms with Gasteiger partial charge in [-0.1, -0.05) is 6.07 Å². The van der Waals surface area contributed by atoms with Gasteiger partial charge in [0.05, 0.1) is 23.8 Å². The van der Waals surface area contributed by atoms with Crippen LogP contribution in [0.1, 0.15) is 24.0 Å². The van der Waals surface area contributed by atoms with Gasteiger partial charge in [-0.3, -0.25) is 4.90 Å². The Kier molecular flexibility index (Phi) is 4.86. The van der Waals surface area contributed by atoms with Gasteiger partial charge >= 0.3 is 0 Å². The third-order valence-corrected chi connectivity index (χ3v) is 4.85. The van der Waals surface area contributed by atoms with E-state index in [0.717, 1.165) is 30.7 Å². The smallest absolute Gasteiger partial charge is 0.157 e. The maximum Gasteiger partial charge on any atom is 0.157 e. The number of nitrogens with zero attached hydrogens (tertiary/aromatic N) is 3. The van der Waals surface area contributed by atoms with E-state index in [1.165, 1.54) is 18.4 Å². The van der Waals surface area contributed by atoms with E-state index in [4.69, 9.17) is 4.74 Å². The first-order valence-electron chi connectivity index (χ1n) is 9.14. The third-order valence-electron chi connectivity index (χ3n) is 4.85. The number of hydrogen-bond donors (Lipinski definition) is 2. The average Bonchev–Trinajstić information content (AvgIpc) is 3.30. The lowest BCUT2D eigenvalue weighted by molar-refractivity contribution is 0.236. The Morgan fingerprint density at radius 1 is 1.23 bits per heavy atom. The van der Waals surface area contributed by atoms with E-state index < -0.39 is 0 Å². The van der Waals surface area contributed by atoms with E-state index in [1.54, 1.807) is 6.20 Å². The molecule has 136 valence electrons. The summed E-state index contributed by atoms with van der Waals surface area (Å²) < 4.78 is 5.83. The van der Waals surface area contributed by atoms with Crippen LogP contribution in [0.3, 0.4) is 0 Å². The van der Waals surface area contributed by atoms with Gasteiger partial charge in [-0.05, 0) is 56.6 Å². The topological polar surface area (TPSA) is 74.3 Å². The molecule has 1 aliphatic heterocycles. The number of aryl methyl sites for hydroxylation is 1. The second-order valence-electron chi connectivity index (χ2n) is 6.84. The molecule has 1 saturated heterocycles. The molecule has 26 heavy (non-hydrogen) atoms. The first kappa shape index (κ1) is 17.0. The zero-order chi connectivity index (χ0) is 17.9. The number of imidazole rings is 1. The summed E-state index contributed by atoms with van der Waals surface area (Å²) in [6.45, 7) is 5.82. The summed E-state index contributed by atoms with van der Waals surface area (Å²) >= 11 is 0. The standard InChI is InChI=1S/C20H24N4O2/c1-14-4-5-17-18(10-14)23-20(22-17)19-15(13-25)11-16(12-21-19)26-9-8-24-6-2-3-7-24/h4-5,10-12,25H,2-3,6-9,13H2,1H3,(H,22,23). The summed E-state index contributed by atoms with van der Waals surface area (Å²) in [5, 5.41) is 9.78. The number of aliphatic hydroxyl groups excluding tert-OH is 1. The third kappa shape index (κ3) is 3.57. The molecule has 1 fully saturated rings. The molecule has 0 atom stereocenters. The minimum atomic E-state index is -0.109. The molecule has 2 N–H and O–H groups in total. The first-order chi connectivity index (χ1) is 12.7. The van der Waals surface area contributed by atoms with Crippen LogP contribution in [0.25, 0.3) is 22.6 Å². The fraction of sp³-hybridized carbons (Fsp3) is 0.400. The predicted octanol–water partition coefficient (Wildman–Crippen LogP) is 2.90. The highest BCUT2D eigenvalue weighted by Gasteiger charge is 2.14. The number of ether oxygens (including phenoxy) is 1. The summed E-state index contributed by atoms with van der Waals surface area (Å²) in [6, 6.07) is 7.93. The van der Waals surface area contributed by atoms with E-state index in [0.29, 0.717) is 29.4 Å². The molecule has 1 aliphatic rings. The van der Waals surface area contributed by atoms with Crippen molar-refractivity contribution in [3.05, 3.63) is 41.6 Å². The highest BCUT2D eigenvalue weighted by molar-refractivity contribution is 5.79. The monoisotopic (exact) mass is 352 g/mol. The molecule has 3 aromatic rings. The quantitative estimate of drug-likeness (QED) is 0.713. The largest absolute Gasteiger partial charge is 0.491 e. The van der Waals surface area contributed by atoms with Gasteiger partial charge in [-0.25, -0.2) is 9.97 Å². The number of likely N-dealkylation sites (tertiary alicyclic amines) is 1. The maximum absolute atomic E-state index is 9.78. The molecule has 0 spiro atoms. The summed E-state index contributed by atoms with van der Waals surface area (Å²) in [6.07, 6.45) is 4.26. The SMILES string of the molecule is Cc1ccc2nc(-c3ncc(OCCN4CCCC4)cc3CO)[nH]c2c1. The fourth-order valence-corrected chi connectivity index (χ4v) is 3.44. The van der Waals surface area contributed by atoms with Crippen LogP contribution in [0.15, 0.2) is 30.5 Å². The molecule has 0 aliphatic carbocycles. The lowest BCUT2D eigenvalue weighted by Crippen LogP contribution is -2.25. The lowest BCUT2D eigenvalue weighted by atomic mass is 10.2. The molecule has 6 heteroatoms. The van der Waals surface area contributed by atoms with Crippen LogP contribution in [-0.4, -0.2) is 51.2 Å². The molecule has 3 heterocycles. The van der Waals surface area contributed by atoms with Crippen molar-refractivity contribution in [1.82, 2.24) is 19.9 Å². The van der Waals surface area contributed by atoms with Crippen LogP contribution < -0.4 is 4.74 Å². The Bertz CT molecular complexity index is 900. The zero-order valence-electron chi connectivity index (χ0n) is 15.0. The van der Waals surface area contributed by atoms with Crippen LogP contribution in [-0.2, 0) is 6.61 Å². The number of nitrogens with one attached hydrogen (secondary N) is 1. The van der Waals surface area contributed by atoms with Crippen LogP contribution >= 0.6 is 0 Å². The summed E-state index contributed by atoms with van der Waals surface area (Å²) in [5.41, 5.74) is 4.40. The van der Waals surface area contributed by atoms with Crippen molar-refractivity contribution < 1.29 is 9.84 Å². The van der Waals surface area contributed by atoms with Crippen molar-refractivity contribution in [3.8, 4) is 17.3 Å². The summed E-state index contributed by atoms with van der Waals surface area (Å²) in [4.78, 5) is 14.8. The molecule has 0 amide bonds.